The van der Waals surface area contributed by atoms with Crippen LogP contribution in [0.15, 0.2) is 29.4 Å². The molecule has 0 atom stereocenters. The Hall–Kier alpha value is -2.02. The fourth-order valence-electron chi connectivity index (χ4n) is 1.14. The fraction of sp³-hybridized carbons (Fsp3) is 0.273. The summed E-state index contributed by atoms with van der Waals surface area (Å²) in [6.45, 7) is 1.75. The Morgan fingerprint density at radius 1 is 1.50 bits per heavy atom. The predicted octanol–water partition coefficient (Wildman–Crippen LogP) is 1.75. The van der Waals surface area contributed by atoms with Gasteiger partial charge in [-0.05, 0) is 19.1 Å². The highest BCUT2D eigenvalue weighted by molar-refractivity contribution is 7.80. The summed E-state index contributed by atoms with van der Waals surface area (Å²) >= 11 is 5.01. The molecule has 1 aromatic rings. The van der Waals surface area contributed by atoms with Crippen molar-refractivity contribution in [1.82, 2.24) is 10.3 Å². The second-order valence-electron chi connectivity index (χ2n) is 3.82. The Bertz CT molecular complexity index is 500. The van der Waals surface area contributed by atoms with Crippen LogP contribution in [0.2, 0.25) is 0 Å². The van der Waals surface area contributed by atoms with E-state index in [0.29, 0.717) is 16.4 Å². The van der Waals surface area contributed by atoms with Crippen molar-refractivity contribution in [2.75, 3.05) is 14.1 Å². The maximum absolute atomic E-state index is 10.7. The lowest BCUT2D eigenvalue weighted by molar-refractivity contribution is -0.384. The van der Waals surface area contributed by atoms with Crippen LogP contribution >= 0.6 is 12.2 Å². The van der Waals surface area contributed by atoms with Crippen LogP contribution in [0.4, 0.5) is 5.69 Å². The first-order valence-electron chi connectivity index (χ1n) is 5.18. The first-order chi connectivity index (χ1) is 8.41. The third-order valence-electron chi connectivity index (χ3n) is 2.20. The van der Waals surface area contributed by atoms with E-state index in [1.54, 1.807) is 38.1 Å². The molecule has 0 fully saturated rings. The largest absolute Gasteiger partial charge is 0.354 e. The predicted molar refractivity (Wildman–Crippen MR) is 74.7 cm³/mol. The van der Waals surface area contributed by atoms with Gasteiger partial charge in [0.15, 0.2) is 5.11 Å². The van der Waals surface area contributed by atoms with Gasteiger partial charge in [0.2, 0.25) is 0 Å². The molecule has 0 saturated carbocycles. The fourth-order valence-corrected chi connectivity index (χ4v) is 1.19. The van der Waals surface area contributed by atoms with Crippen molar-refractivity contribution in [3.8, 4) is 0 Å². The zero-order chi connectivity index (χ0) is 13.7. The SMILES string of the molecule is CC(=NNC(=S)N(C)C)c1cccc([N+](=O)[O-])c1. The summed E-state index contributed by atoms with van der Waals surface area (Å²) in [5.41, 5.74) is 4.05. The van der Waals surface area contributed by atoms with Crippen molar-refractivity contribution in [1.29, 1.82) is 0 Å². The molecule has 18 heavy (non-hydrogen) atoms. The summed E-state index contributed by atoms with van der Waals surface area (Å²) in [5.74, 6) is 0. The molecule has 6 nitrogen and oxygen atoms in total. The number of nitro groups is 1. The van der Waals surface area contributed by atoms with Crippen LogP contribution in [-0.2, 0) is 0 Å². The summed E-state index contributed by atoms with van der Waals surface area (Å²) in [4.78, 5) is 11.9. The topological polar surface area (TPSA) is 70.8 Å². The highest BCUT2D eigenvalue weighted by atomic mass is 32.1. The van der Waals surface area contributed by atoms with Crippen molar-refractivity contribution in [2.24, 2.45) is 5.10 Å². The van der Waals surface area contributed by atoms with E-state index in [4.69, 9.17) is 12.2 Å². The number of hydrogen-bond donors (Lipinski definition) is 1. The standard InChI is InChI=1S/C11H14N4O2S/c1-8(12-13-11(18)14(2)3)9-5-4-6-10(7-9)15(16)17/h4-7H,1-3H3,(H,13,18). The van der Waals surface area contributed by atoms with E-state index < -0.39 is 4.92 Å². The van der Waals surface area contributed by atoms with Gasteiger partial charge in [-0.25, -0.2) is 0 Å². The van der Waals surface area contributed by atoms with Crippen LogP contribution in [-0.4, -0.2) is 34.7 Å². The molecule has 0 saturated heterocycles. The summed E-state index contributed by atoms with van der Waals surface area (Å²) < 4.78 is 0. The monoisotopic (exact) mass is 266 g/mol. The highest BCUT2D eigenvalue weighted by Gasteiger charge is 2.07. The molecule has 96 valence electrons. The summed E-state index contributed by atoms with van der Waals surface area (Å²) in [7, 11) is 3.60. The van der Waals surface area contributed by atoms with E-state index in [0.717, 1.165) is 0 Å². The van der Waals surface area contributed by atoms with E-state index in [1.165, 1.54) is 12.1 Å². The van der Waals surface area contributed by atoms with Crippen molar-refractivity contribution >= 4 is 28.7 Å². The number of nitrogens with one attached hydrogen (secondary N) is 1. The zero-order valence-corrected chi connectivity index (χ0v) is 11.2. The first kappa shape index (κ1) is 14.0. The average Bonchev–Trinajstić information content (AvgIpc) is 2.35. The number of thiocarbonyl (C=S) groups is 1. The van der Waals surface area contributed by atoms with Gasteiger partial charge in [-0.1, -0.05) is 12.1 Å². The third kappa shape index (κ3) is 3.77. The van der Waals surface area contributed by atoms with E-state index in [2.05, 4.69) is 10.5 Å². The summed E-state index contributed by atoms with van der Waals surface area (Å²) in [6.07, 6.45) is 0. The maximum atomic E-state index is 10.7. The molecular formula is C11H14N4O2S. The Kier molecular flexibility index (Phi) is 4.73. The molecule has 0 aliphatic carbocycles. The number of nitrogens with zero attached hydrogens (tertiary/aromatic N) is 3. The highest BCUT2D eigenvalue weighted by Crippen LogP contribution is 2.13. The molecule has 1 N–H and O–H groups in total. The number of hydrogen-bond acceptors (Lipinski definition) is 4. The minimum absolute atomic E-state index is 0.0391. The van der Waals surface area contributed by atoms with Gasteiger partial charge in [-0.15, -0.1) is 0 Å². The third-order valence-corrected chi connectivity index (χ3v) is 2.66. The molecule has 0 radical (unpaired) electrons. The van der Waals surface area contributed by atoms with Gasteiger partial charge in [0, 0.05) is 31.8 Å². The van der Waals surface area contributed by atoms with Gasteiger partial charge in [0.1, 0.15) is 0 Å². The molecule has 7 heteroatoms. The minimum Gasteiger partial charge on any atom is -0.354 e. The molecule has 0 spiro atoms. The van der Waals surface area contributed by atoms with Crippen LogP contribution < -0.4 is 5.43 Å². The van der Waals surface area contributed by atoms with Gasteiger partial charge in [0.25, 0.3) is 5.69 Å². The van der Waals surface area contributed by atoms with Crippen molar-refractivity contribution in [3.63, 3.8) is 0 Å². The molecule has 0 bridgehead atoms. The second kappa shape index (κ2) is 6.06. The first-order valence-corrected chi connectivity index (χ1v) is 5.59. The lowest BCUT2D eigenvalue weighted by Crippen LogP contribution is -2.31. The summed E-state index contributed by atoms with van der Waals surface area (Å²) in [6, 6.07) is 6.29. The Morgan fingerprint density at radius 2 is 2.17 bits per heavy atom. The van der Waals surface area contributed by atoms with Crippen LogP contribution in [0, 0.1) is 10.1 Å². The molecule has 0 aliphatic heterocycles. The Morgan fingerprint density at radius 3 is 2.72 bits per heavy atom. The van der Waals surface area contributed by atoms with E-state index in [9.17, 15) is 10.1 Å². The molecule has 0 aliphatic rings. The molecule has 1 rings (SSSR count). The van der Waals surface area contributed by atoms with Gasteiger partial charge < -0.3 is 4.90 Å². The van der Waals surface area contributed by atoms with Crippen molar-refractivity contribution < 1.29 is 4.92 Å². The van der Waals surface area contributed by atoms with Crippen LogP contribution in [0.3, 0.4) is 0 Å². The molecule has 0 unspecified atom stereocenters. The number of benzene rings is 1. The Labute approximate surface area is 110 Å². The molecule has 0 aromatic heterocycles. The molecule has 1 aromatic carbocycles. The van der Waals surface area contributed by atoms with E-state index in [-0.39, 0.29) is 5.69 Å². The minimum atomic E-state index is -0.436. The zero-order valence-electron chi connectivity index (χ0n) is 10.4. The second-order valence-corrected chi connectivity index (χ2v) is 4.20. The molecule has 0 amide bonds. The maximum Gasteiger partial charge on any atom is 0.270 e. The van der Waals surface area contributed by atoms with E-state index >= 15 is 0 Å². The average molecular weight is 266 g/mol. The van der Waals surface area contributed by atoms with Gasteiger partial charge >= 0.3 is 0 Å². The summed E-state index contributed by atoms with van der Waals surface area (Å²) in [5, 5.41) is 15.2. The van der Waals surface area contributed by atoms with Gasteiger partial charge in [-0.3, -0.25) is 15.5 Å². The van der Waals surface area contributed by atoms with Crippen LogP contribution in [0.1, 0.15) is 12.5 Å². The normalized spacial score (nSPS) is 10.9. The molecule has 0 heterocycles. The van der Waals surface area contributed by atoms with Crippen molar-refractivity contribution in [3.05, 3.63) is 39.9 Å². The smallest absolute Gasteiger partial charge is 0.270 e. The van der Waals surface area contributed by atoms with Crippen molar-refractivity contribution in [2.45, 2.75) is 6.92 Å². The number of non-ortho nitro benzene ring substituents is 1. The van der Waals surface area contributed by atoms with Crippen LogP contribution in [0.25, 0.3) is 0 Å². The number of nitro benzene ring substituents is 1. The number of hydrazone groups is 1. The molecular weight excluding hydrogens is 252 g/mol. The van der Waals surface area contributed by atoms with E-state index in [1.807, 2.05) is 0 Å². The quantitative estimate of drug-likeness (QED) is 0.390. The lowest BCUT2D eigenvalue weighted by Gasteiger charge is -2.12. The van der Waals surface area contributed by atoms with Gasteiger partial charge in [0.05, 0.1) is 10.6 Å². The Balaban J connectivity index is 2.86. The van der Waals surface area contributed by atoms with Crippen LogP contribution in [0.5, 0.6) is 0 Å². The lowest BCUT2D eigenvalue weighted by atomic mass is 10.1. The van der Waals surface area contributed by atoms with Gasteiger partial charge in [-0.2, -0.15) is 5.10 Å². The number of rotatable bonds is 3.